The molecule has 0 radical (unpaired) electrons. The third-order valence-electron chi connectivity index (χ3n) is 0.442. The first-order valence-corrected chi connectivity index (χ1v) is 8.71. The molecule has 0 unspecified atom stereocenters. The van der Waals surface area contributed by atoms with Crippen LogP contribution in [0.5, 0.6) is 0 Å². The third-order valence-corrected chi connectivity index (χ3v) is 0.442. The van der Waals surface area contributed by atoms with Crippen molar-refractivity contribution in [1.82, 2.24) is 4.98 Å². The second-order valence-electron chi connectivity index (χ2n) is 0.814. The van der Waals surface area contributed by atoms with Gasteiger partial charge in [-0.05, 0) is 0 Å². The SMILES string of the molecule is [Zn+][Br].[c-]1ccc[nH]1. The van der Waals surface area contributed by atoms with Crippen LogP contribution in [0, 0.1) is 6.20 Å². The summed E-state index contributed by atoms with van der Waals surface area (Å²) in [5, 5.41) is 0. The zero-order chi connectivity index (χ0) is 5.54. The number of aromatic amines is 1. The topological polar surface area (TPSA) is 15.8 Å². The minimum Gasteiger partial charge on any atom is -0.484 e. The van der Waals surface area contributed by atoms with Crippen LogP contribution in [0.1, 0.15) is 0 Å². The second kappa shape index (κ2) is 6.38. The van der Waals surface area contributed by atoms with Crippen LogP contribution in [0.25, 0.3) is 0 Å². The Bertz CT molecular complexity index is 68.2. The van der Waals surface area contributed by atoms with E-state index in [1.54, 1.807) is 0 Å². The Hall–Kier alpha value is 0.383. The van der Waals surface area contributed by atoms with Gasteiger partial charge in [-0.25, -0.2) is 0 Å². The number of aromatic nitrogens is 1. The van der Waals surface area contributed by atoms with Crippen molar-refractivity contribution < 1.29 is 16.3 Å². The number of hydrogen-bond acceptors (Lipinski definition) is 0. The van der Waals surface area contributed by atoms with Crippen molar-refractivity contribution >= 4 is 13.6 Å². The molecule has 0 aliphatic heterocycles. The van der Waals surface area contributed by atoms with Gasteiger partial charge in [0.05, 0.1) is 0 Å². The van der Waals surface area contributed by atoms with Gasteiger partial charge in [-0.2, -0.15) is 18.3 Å². The van der Waals surface area contributed by atoms with Crippen LogP contribution in [-0.2, 0) is 16.3 Å². The molecule has 1 aromatic heterocycles. The van der Waals surface area contributed by atoms with Gasteiger partial charge in [-0.3, -0.25) is 0 Å². The monoisotopic (exact) mass is 209 g/mol. The van der Waals surface area contributed by atoms with E-state index >= 15 is 0 Å². The van der Waals surface area contributed by atoms with E-state index in [-0.39, 0.29) is 0 Å². The molecule has 7 heavy (non-hydrogen) atoms. The van der Waals surface area contributed by atoms with Crippen molar-refractivity contribution in [1.29, 1.82) is 0 Å². The van der Waals surface area contributed by atoms with E-state index in [1.165, 1.54) is 16.3 Å². The van der Waals surface area contributed by atoms with Gasteiger partial charge in [0.2, 0.25) is 0 Å². The van der Waals surface area contributed by atoms with Crippen molar-refractivity contribution in [2.24, 2.45) is 0 Å². The van der Waals surface area contributed by atoms with Crippen LogP contribution in [0.15, 0.2) is 18.3 Å². The number of H-pyrrole nitrogens is 1. The predicted molar refractivity (Wildman–Crippen MR) is 28.6 cm³/mol. The number of rotatable bonds is 0. The molecule has 0 aliphatic rings. The summed E-state index contributed by atoms with van der Waals surface area (Å²) >= 11 is 4.25. The summed E-state index contributed by atoms with van der Waals surface area (Å²) in [6, 6.07) is 3.71. The van der Waals surface area contributed by atoms with Gasteiger partial charge >= 0.3 is 30.0 Å². The molecule has 34 valence electrons. The fourth-order valence-electron chi connectivity index (χ4n) is 0.241. The van der Waals surface area contributed by atoms with Gasteiger partial charge in [0.15, 0.2) is 0 Å². The first-order chi connectivity index (χ1) is 3.50. The molecule has 1 nitrogen and oxygen atoms in total. The second-order valence-corrected chi connectivity index (χ2v) is 0.814. The maximum absolute atomic E-state index is 3.06. The number of nitrogens with one attached hydrogen (secondary N) is 1. The maximum Gasteiger partial charge on any atom is -0.108 e. The van der Waals surface area contributed by atoms with Crippen LogP contribution in [0.2, 0.25) is 0 Å². The molecule has 0 saturated carbocycles. The Morgan fingerprint density at radius 3 is 2.43 bits per heavy atom. The molecule has 0 saturated heterocycles. The van der Waals surface area contributed by atoms with Crippen LogP contribution in [-0.4, -0.2) is 4.98 Å². The number of halogens is 1. The normalized spacial score (nSPS) is 6.71. The fourth-order valence-corrected chi connectivity index (χ4v) is 0.241. The zero-order valence-electron chi connectivity index (χ0n) is 3.82. The van der Waals surface area contributed by atoms with Gasteiger partial charge in [-0.15, -0.1) is 6.20 Å². The summed E-state index contributed by atoms with van der Waals surface area (Å²) in [5.74, 6) is 0. The van der Waals surface area contributed by atoms with E-state index < -0.39 is 0 Å². The van der Waals surface area contributed by atoms with Gasteiger partial charge in [0, 0.05) is 0 Å². The minimum absolute atomic E-state index is 1.19. The van der Waals surface area contributed by atoms with Crippen molar-refractivity contribution in [3.05, 3.63) is 24.5 Å². The standard InChI is InChI=1S/C4H4N.BrH.Zn/c1-2-4-5-3-1;;/h1-3,5H;1H;/q-1;;+2/p-1. The van der Waals surface area contributed by atoms with Gasteiger partial charge < -0.3 is 4.98 Å². The van der Waals surface area contributed by atoms with Crippen molar-refractivity contribution in [2.75, 3.05) is 0 Å². The number of hydrogen-bond donors (Lipinski definition) is 1. The van der Waals surface area contributed by atoms with Crippen molar-refractivity contribution in [3.63, 3.8) is 0 Å². The molecule has 1 aromatic rings. The maximum atomic E-state index is 3.06. The van der Waals surface area contributed by atoms with E-state index in [0.717, 1.165) is 0 Å². The molecule has 0 fully saturated rings. The summed E-state index contributed by atoms with van der Waals surface area (Å²) in [6.45, 7) is 0. The van der Waals surface area contributed by atoms with E-state index in [9.17, 15) is 0 Å². The van der Waals surface area contributed by atoms with Crippen LogP contribution in [0.4, 0.5) is 0 Å². The molecule has 1 heterocycles. The average molecular weight is 211 g/mol. The van der Waals surface area contributed by atoms with E-state index in [1.807, 2.05) is 18.3 Å². The predicted octanol–water partition coefficient (Wildman–Crippen LogP) is 1.66. The Kier molecular flexibility index (Phi) is 6.73. The Balaban J connectivity index is 0.000000162. The smallest absolute Gasteiger partial charge is 0.108 e. The summed E-state index contributed by atoms with van der Waals surface area (Å²) < 4.78 is 0. The molecular weight excluding hydrogens is 207 g/mol. The molecule has 0 aromatic carbocycles. The van der Waals surface area contributed by atoms with Crippen LogP contribution < -0.4 is 0 Å². The Morgan fingerprint density at radius 1 is 1.57 bits per heavy atom. The Labute approximate surface area is 59.5 Å². The van der Waals surface area contributed by atoms with E-state index in [2.05, 4.69) is 24.8 Å². The summed E-state index contributed by atoms with van der Waals surface area (Å²) in [4.78, 5) is 2.74. The molecular formula is C4H4BrNZn. The molecule has 3 heteroatoms. The van der Waals surface area contributed by atoms with Gasteiger partial charge in [0.1, 0.15) is 0 Å². The zero-order valence-corrected chi connectivity index (χ0v) is 8.37. The average Bonchev–Trinajstić information content (AvgIpc) is 2.23. The quantitative estimate of drug-likeness (QED) is 0.496. The van der Waals surface area contributed by atoms with Crippen molar-refractivity contribution in [3.8, 4) is 0 Å². The third kappa shape index (κ3) is 4.23. The molecule has 0 bridgehead atoms. The largest absolute Gasteiger partial charge is 0.484 e. The molecule has 0 amide bonds. The molecule has 0 atom stereocenters. The minimum atomic E-state index is 1.19. The van der Waals surface area contributed by atoms with Crippen molar-refractivity contribution in [2.45, 2.75) is 0 Å². The summed E-state index contributed by atoms with van der Waals surface area (Å²) in [7, 11) is 0. The van der Waals surface area contributed by atoms with E-state index in [4.69, 9.17) is 0 Å². The molecule has 1 rings (SSSR count). The van der Waals surface area contributed by atoms with Crippen LogP contribution in [0.3, 0.4) is 0 Å². The first kappa shape index (κ1) is 7.38. The van der Waals surface area contributed by atoms with Crippen LogP contribution >= 0.6 is 13.6 Å². The molecule has 0 aliphatic carbocycles. The Morgan fingerprint density at radius 2 is 2.29 bits per heavy atom. The van der Waals surface area contributed by atoms with Gasteiger partial charge in [0.25, 0.3) is 0 Å². The molecule has 1 N–H and O–H groups in total. The van der Waals surface area contributed by atoms with Gasteiger partial charge in [-0.1, -0.05) is 0 Å². The van der Waals surface area contributed by atoms with E-state index in [0.29, 0.717) is 0 Å². The summed E-state index contributed by atoms with van der Waals surface area (Å²) in [5.41, 5.74) is 0. The fraction of sp³-hybridized carbons (Fsp3) is 0. The molecule has 0 spiro atoms. The summed E-state index contributed by atoms with van der Waals surface area (Å²) in [6.07, 6.45) is 4.56. The first-order valence-electron chi connectivity index (χ1n) is 1.76.